The van der Waals surface area contributed by atoms with Crippen LogP contribution in [0.3, 0.4) is 0 Å². The van der Waals surface area contributed by atoms with Crippen LogP contribution >= 0.6 is 11.3 Å². The molecule has 1 fully saturated rings. The Morgan fingerprint density at radius 1 is 1.65 bits per heavy atom. The van der Waals surface area contributed by atoms with E-state index in [0.717, 1.165) is 5.56 Å². The van der Waals surface area contributed by atoms with Gasteiger partial charge in [-0.1, -0.05) is 0 Å². The average molecular weight is 253 g/mol. The molecule has 17 heavy (non-hydrogen) atoms. The number of hydrogen-bond acceptors (Lipinski definition) is 4. The van der Waals surface area contributed by atoms with E-state index in [1.165, 1.54) is 0 Å². The van der Waals surface area contributed by atoms with Gasteiger partial charge in [-0.05, 0) is 29.3 Å². The Bertz CT molecular complexity index is 395. The highest BCUT2D eigenvalue weighted by Gasteiger charge is 2.24. The van der Waals surface area contributed by atoms with Gasteiger partial charge >= 0.3 is 0 Å². The summed E-state index contributed by atoms with van der Waals surface area (Å²) < 4.78 is 0. The van der Waals surface area contributed by atoms with E-state index in [0.29, 0.717) is 6.54 Å². The maximum Gasteiger partial charge on any atom is 0.239 e. The van der Waals surface area contributed by atoms with E-state index in [4.69, 9.17) is 0 Å². The van der Waals surface area contributed by atoms with Crippen molar-refractivity contribution >= 4 is 23.2 Å². The van der Waals surface area contributed by atoms with Crippen molar-refractivity contribution < 1.29 is 9.59 Å². The number of carbonyl (C=O) groups excluding carboxylic acids is 2. The van der Waals surface area contributed by atoms with Crippen molar-refractivity contribution in [2.45, 2.75) is 19.0 Å². The molecule has 0 aromatic carbocycles. The van der Waals surface area contributed by atoms with Crippen molar-refractivity contribution in [3.05, 3.63) is 22.4 Å². The fourth-order valence-corrected chi connectivity index (χ4v) is 2.42. The first-order chi connectivity index (χ1) is 8.16. The second kappa shape index (κ2) is 5.29. The van der Waals surface area contributed by atoms with Crippen molar-refractivity contribution in [1.82, 2.24) is 16.0 Å². The maximum atomic E-state index is 11.9. The standard InChI is InChI=1S/C11H15N3O2S/c1-7(8-2-3-17-6-8)14-11(16)9-4-13-10(15)5-12-9/h2-3,6-7,9,12H,4-5H2,1H3,(H,13,15)(H,14,16). The van der Waals surface area contributed by atoms with E-state index in [9.17, 15) is 9.59 Å². The van der Waals surface area contributed by atoms with Gasteiger partial charge in [-0.2, -0.15) is 11.3 Å². The highest BCUT2D eigenvalue weighted by molar-refractivity contribution is 7.07. The molecule has 1 saturated heterocycles. The van der Waals surface area contributed by atoms with Crippen molar-refractivity contribution in [3.8, 4) is 0 Å². The molecule has 1 aliphatic rings. The number of carbonyl (C=O) groups is 2. The van der Waals surface area contributed by atoms with Crippen molar-refractivity contribution in [2.24, 2.45) is 0 Å². The van der Waals surface area contributed by atoms with E-state index < -0.39 is 0 Å². The minimum absolute atomic E-state index is 0.00632. The lowest BCUT2D eigenvalue weighted by Gasteiger charge is -2.24. The fraction of sp³-hybridized carbons (Fsp3) is 0.455. The molecule has 0 saturated carbocycles. The van der Waals surface area contributed by atoms with Crippen LogP contribution in [-0.4, -0.2) is 30.9 Å². The highest BCUT2D eigenvalue weighted by Crippen LogP contribution is 2.15. The second-order valence-electron chi connectivity index (χ2n) is 4.02. The topological polar surface area (TPSA) is 70.2 Å². The lowest BCUT2D eigenvalue weighted by atomic mass is 10.1. The summed E-state index contributed by atoms with van der Waals surface area (Å²) in [5.74, 6) is -0.149. The van der Waals surface area contributed by atoms with Crippen LogP contribution in [0.25, 0.3) is 0 Å². The first-order valence-electron chi connectivity index (χ1n) is 5.49. The predicted octanol–water partition coefficient (Wildman–Crippen LogP) is 0.0133. The molecule has 0 bridgehead atoms. The Morgan fingerprint density at radius 2 is 2.47 bits per heavy atom. The van der Waals surface area contributed by atoms with Gasteiger partial charge in [0.05, 0.1) is 12.6 Å². The largest absolute Gasteiger partial charge is 0.353 e. The third-order valence-electron chi connectivity index (χ3n) is 2.73. The monoisotopic (exact) mass is 253 g/mol. The lowest BCUT2D eigenvalue weighted by molar-refractivity contribution is -0.127. The van der Waals surface area contributed by atoms with Gasteiger partial charge in [0, 0.05) is 6.54 Å². The van der Waals surface area contributed by atoms with Crippen LogP contribution in [0.5, 0.6) is 0 Å². The molecular formula is C11H15N3O2S. The minimum Gasteiger partial charge on any atom is -0.353 e. The Morgan fingerprint density at radius 3 is 3.06 bits per heavy atom. The number of piperazine rings is 1. The number of hydrogen-bond donors (Lipinski definition) is 3. The van der Waals surface area contributed by atoms with Gasteiger partial charge in [0.15, 0.2) is 0 Å². The molecule has 92 valence electrons. The zero-order valence-electron chi connectivity index (χ0n) is 9.53. The third kappa shape index (κ3) is 3.04. The molecule has 1 aromatic rings. The van der Waals surface area contributed by atoms with Gasteiger partial charge in [0.1, 0.15) is 6.04 Å². The molecule has 6 heteroatoms. The Hall–Kier alpha value is -1.40. The van der Waals surface area contributed by atoms with Gasteiger partial charge in [0.2, 0.25) is 11.8 Å². The number of amides is 2. The van der Waals surface area contributed by atoms with E-state index >= 15 is 0 Å². The van der Waals surface area contributed by atoms with Crippen LogP contribution < -0.4 is 16.0 Å². The summed E-state index contributed by atoms with van der Waals surface area (Å²) >= 11 is 1.61. The maximum absolute atomic E-state index is 11.9. The van der Waals surface area contributed by atoms with E-state index in [2.05, 4.69) is 16.0 Å². The van der Waals surface area contributed by atoms with Crippen LogP contribution in [0.1, 0.15) is 18.5 Å². The molecular weight excluding hydrogens is 238 g/mol. The smallest absolute Gasteiger partial charge is 0.239 e. The summed E-state index contributed by atoms with van der Waals surface area (Å²) in [5, 5.41) is 12.5. The number of rotatable bonds is 3. The quantitative estimate of drug-likeness (QED) is 0.711. The zero-order valence-corrected chi connectivity index (χ0v) is 10.3. The van der Waals surface area contributed by atoms with Gasteiger partial charge < -0.3 is 10.6 Å². The van der Waals surface area contributed by atoms with E-state index in [-0.39, 0.29) is 30.4 Å². The van der Waals surface area contributed by atoms with Crippen molar-refractivity contribution in [3.63, 3.8) is 0 Å². The van der Waals surface area contributed by atoms with Crippen LogP contribution in [0, 0.1) is 0 Å². The van der Waals surface area contributed by atoms with Crippen LogP contribution in [0.15, 0.2) is 16.8 Å². The highest BCUT2D eigenvalue weighted by atomic mass is 32.1. The molecule has 5 nitrogen and oxygen atoms in total. The zero-order chi connectivity index (χ0) is 12.3. The second-order valence-corrected chi connectivity index (χ2v) is 4.80. The van der Waals surface area contributed by atoms with E-state index in [1.807, 2.05) is 23.8 Å². The fourth-order valence-electron chi connectivity index (χ4n) is 1.67. The molecule has 2 rings (SSSR count). The van der Waals surface area contributed by atoms with Gasteiger partial charge in [-0.15, -0.1) is 0 Å². The normalized spacial score (nSPS) is 21.7. The minimum atomic E-state index is -0.339. The molecule has 2 heterocycles. The molecule has 0 aliphatic carbocycles. The summed E-state index contributed by atoms with van der Waals surface area (Å²) in [7, 11) is 0. The van der Waals surface area contributed by atoms with Gasteiger partial charge in [0.25, 0.3) is 0 Å². The van der Waals surface area contributed by atoms with Crippen molar-refractivity contribution in [2.75, 3.05) is 13.1 Å². The number of thiophene rings is 1. The average Bonchev–Trinajstić information content (AvgIpc) is 2.83. The van der Waals surface area contributed by atoms with Gasteiger partial charge in [-0.25, -0.2) is 0 Å². The van der Waals surface area contributed by atoms with Gasteiger partial charge in [-0.3, -0.25) is 14.9 Å². The van der Waals surface area contributed by atoms with Crippen LogP contribution in [0.2, 0.25) is 0 Å². The molecule has 3 N–H and O–H groups in total. The SMILES string of the molecule is CC(NC(=O)C1CNC(=O)CN1)c1ccsc1. The van der Waals surface area contributed by atoms with Crippen molar-refractivity contribution in [1.29, 1.82) is 0 Å². The molecule has 2 unspecified atom stereocenters. The number of nitrogens with one attached hydrogen (secondary N) is 3. The molecule has 1 aliphatic heterocycles. The third-order valence-corrected chi connectivity index (χ3v) is 3.43. The Balaban J connectivity index is 1.86. The Kier molecular flexibility index (Phi) is 3.75. The first-order valence-corrected chi connectivity index (χ1v) is 6.43. The summed E-state index contributed by atoms with van der Waals surface area (Å²) in [6, 6.07) is 1.65. The summed E-state index contributed by atoms with van der Waals surface area (Å²) in [5.41, 5.74) is 1.10. The lowest BCUT2D eigenvalue weighted by Crippen LogP contribution is -2.58. The van der Waals surface area contributed by atoms with E-state index in [1.54, 1.807) is 11.3 Å². The molecule has 0 spiro atoms. The Labute approximate surface area is 104 Å². The molecule has 2 atom stereocenters. The summed E-state index contributed by atoms with van der Waals surface area (Å²) in [6.45, 7) is 2.49. The predicted molar refractivity (Wildman–Crippen MR) is 65.7 cm³/mol. The summed E-state index contributed by atoms with van der Waals surface area (Å²) in [4.78, 5) is 22.8. The van der Waals surface area contributed by atoms with Crippen LogP contribution in [0.4, 0.5) is 0 Å². The molecule has 1 aromatic heterocycles. The molecule has 0 radical (unpaired) electrons. The summed E-state index contributed by atoms with van der Waals surface area (Å²) in [6.07, 6.45) is 0. The van der Waals surface area contributed by atoms with Crippen LogP contribution in [-0.2, 0) is 9.59 Å². The first kappa shape index (κ1) is 12.1. The molecule has 2 amide bonds.